The summed E-state index contributed by atoms with van der Waals surface area (Å²) in [5.41, 5.74) is 4.75. The third kappa shape index (κ3) is 5.60. The molecule has 222 valence electrons. The predicted octanol–water partition coefficient (Wildman–Crippen LogP) is 13.0. The first-order valence-electron chi connectivity index (χ1n) is 19.1. The minimum atomic E-state index is -0.314. The maximum Gasteiger partial charge on any atom is 0.0645 e. The molecule has 0 aliphatic rings. The molecule has 1 heteroatoms. The van der Waals surface area contributed by atoms with Crippen molar-refractivity contribution in [3.05, 3.63) is 200 Å². The molecule has 0 unspecified atom stereocenters. The van der Waals surface area contributed by atoms with Crippen LogP contribution in [0.3, 0.4) is 0 Å². The maximum atomic E-state index is 9.63. The van der Waals surface area contributed by atoms with Gasteiger partial charge in [0.05, 0.1) is 15.3 Å². The maximum absolute atomic E-state index is 9.63. The number of benzene rings is 8. The van der Waals surface area contributed by atoms with Crippen LogP contribution < -0.4 is 4.90 Å². The second-order valence-electron chi connectivity index (χ2n) is 11.2. The molecule has 0 N–H and O–H groups in total. The molecular weight excluding hydrogens is 567 g/mol. The topological polar surface area (TPSA) is 3.24 Å². The van der Waals surface area contributed by atoms with Crippen LogP contribution in [0, 0.1) is 0 Å². The van der Waals surface area contributed by atoms with E-state index in [2.05, 4.69) is 0 Å². The Labute approximate surface area is 286 Å². The van der Waals surface area contributed by atoms with Crippen molar-refractivity contribution in [3.63, 3.8) is 0 Å². The molecule has 0 atom stereocenters. The van der Waals surface area contributed by atoms with Gasteiger partial charge in [-0.05, 0) is 86.0 Å². The standard InChI is InChI=1S/C46H33N/c1-5-15-34(16-6-1)39-28-32-45(44(33-39)35-17-7-2-8-18-35)47(40-22-11-4-12-23-40)41-29-25-37(26-30-41)43-31-27-36-19-13-14-24-42(36)46(43)38-20-9-3-10-21-38/h1-33H/i25D,26D,28D,29D,30D,32D,33D. The molecule has 0 fully saturated rings. The number of hydrogen-bond donors (Lipinski definition) is 0. The van der Waals surface area contributed by atoms with Crippen LogP contribution in [0.2, 0.25) is 0 Å². The van der Waals surface area contributed by atoms with E-state index < -0.39 is 0 Å². The molecule has 0 bridgehead atoms. The van der Waals surface area contributed by atoms with Crippen LogP contribution in [-0.4, -0.2) is 0 Å². The van der Waals surface area contributed by atoms with Gasteiger partial charge in [-0.15, -0.1) is 0 Å². The number of fused-ring (bicyclic) bond motifs is 1. The second-order valence-corrected chi connectivity index (χ2v) is 11.2. The third-order valence-electron chi connectivity index (χ3n) is 8.25. The number of para-hydroxylation sites is 1. The van der Waals surface area contributed by atoms with E-state index in [0.717, 1.165) is 21.9 Å². The highest BCUT2D eigenvalue weighted by Crippen LogP contribution is 2.44. The monoisotopic (exact) mass is 606 g/mol. The molecule has 0 aliphatic carbocycles. The summed E-state index contributed by atoms with van der Waals surface area (Å²) in [6.45, 7) is 0. The summed E-state index contributed by atoms with van der Waals surface area (Å²) in [7, 11) is 0. The van der Waals surface area contributed by atoms with Crippen molar-refractivity contribution in [2.75, 3.05) is 4.90 Å². The molecule has 0 radical (unpaired) electrons. The quantitative estimate of drug-likeness (QED) is 0.174. The lowest BCUT2D eigenvalue weighted by Crippen LogP contribution is -2.11. The number of hydrogen-bond acceptors (Lipinski definition) is 1. The van der Waals surface area contributed by atoms with Crippen molar-refractivity contribution in [2.45, 2.75) is 0 Å². The smallest absolute Gasteiger partial charge is 0.0645 e. The normalized spacial score (nSPS) is 13.1. The van der Waals surface area contributed by atoms with Crippen LogP contribution in [0.15, 0.2) is 200 Å². The first-order chi connectivity index (χ1) is 26.3. The van der Waals surface area contributed by atoms with Crippen LogP contribution in [0.25, 0.3) is 55.3 Å². The molecule has 0 aliphatic heterocycles. The largest absolute Gasteiger partial charge is 0.310 e. The summed E-state index contributed by atoms with van der Waals surface area (Å²) in [4.78, 5) is 1.53. The second kappa shape index (κ2) is 12.7. The van der Waals surface area contributed by atoms with Crippen molar-refractivity contribution in [1.29, 1.82) is 0 Å². The van der Waals surface area contributed by atoms with Crippen molar-refractivity contribution < 1.29 is 9.60 Å². The van der Waals surface area contributed by atoms with Crippen molar-refractivity contribution >= 4 is 27.8 Å². The van der Waals surface area contributed by atoms with Gasteiger partial charge in [-0.25, -0.2) is 0 Å². The average molecular weight is 607 g/mol. The van der Waals surface area contributed by atoms with Crippen LogP contribution in [0.4, 0.5) is 17.1 Å². The van der Waals surface area contributed by atoms with Gasteiger partial charge in [0.2, 0.25) is 0 Å². The van der Waals surface area contributed by atoms with Gasteiger partial charge >= 0.3 is 0 Å². The molecule has 8 aromatic rings. The fourth-order valence-corrected chi connectivity index (χ4v) is 6.03. The molecule has 8 rings (SSSR count). The molecule has 0 spiro atoms. The van der Waals surface area contributed by atoms with Gasteiger partial charge in [0.15, 0.2) is 0 Å². The van der Waals surface area contributed by atoms with Crippen LogP contribution >= 0.6 is 0 Å². The summed E-state index contributed by atoms with van der Waals surface area (Å²) in [5.74, 6) is 0. The Morgan fingerprint density at radius 3 is 1.60 bits per heavy atom. The summed E-state index contributed by atoms with van der Waals surface area (Å²) >= 11 is 0. The zero-order chi connectivity index (χ0) is 37.5. The summed E-state index contributed by atoms with van der Waals surface area (Å²) in [5, 5.41) is 1.90. The lowest BCUT2D eigenvalue weighted by molar-refractivity contribution is 1.28. The van der Waals surface area contributed by atoms with Crippen molar-refractivity contribution in [3.8, 4) is 44.5 Å². The van der Waals surface area contributed by atoms with E-state index in [1.165, 1.54) is 4.90 Å². The van der Waals surface area contributed by atoms with Gasteiger partial charge in [-0.1, -0.05) is 164 Å². The van der Waals surface area contributed by atoms with Gasteiger partial charge in [0.25, 0.3) is 0 Å². The van der Waals surface area contributed by atoms with Gasteiger partial charge in [0.1, 0.15) is 0 Å². The van der Waals surface area contributed by atoms with Crippen LogP contribution in [0.1, 0.15) is 9.60 Å². The van der Waals surface area contributed by atoms with Gasteiger partial charge < -0.3 is 4.90 Å². The molecule has 8 aromatic carbocycles. The molecule has 47 heavy (non-hydrogen) atoms. The SMILES string of the molecule is [2H]c1c([2H])c(N(c2ccccc2)c2c([2H])c([2H])c(-c3ccc4ccccc4c3-c3ccccc3)c([2H])c2[2H])c(-c2ccccc2)c([2H])c1-c1ccccc1. The Morgan fingerprint density at radius 2 is 0.915 bits per heavy atom. The Bertz CT molecular complexity index is 2640. The number of rotatable bonds is 7. The van der Waals surface area contributed by atoms with E-state index >= 15 is 0 Å². The van der Waals surface area contributed by atoms with E-state index in [0.29, 0.717) is 27.9 Å². The highest BCUT2D eigenvalue weighted by molar-refractivity contribution is 6.04. The molecule has 0 heterocycles. The molecule has 0 saturated carbocycles. The van der Waals surface area contributed by atoms with E-state index in [9.17, 15) is 9.60 Å². The molecule has 1 nitrogen and oxygen atoms in total. The van der Waals surface area contributed by atoms with E-state index in [1.54, 1.807) is 24.3 Å². The van der Waals surface area contributed by atoms with Gasteiger partial charge in [0, 0.05) is 16.9 Å². The molecule has 0 aromatic heterocycles. The Balaban J connectivity index is 1.46. The Hall–Kier alpha value is -6.18. The van der Waals surface area contributed by atoms with E-state index in [-0.39, 0.29) is 64.8 Å². The molecular formula is C46H33N. The highest BCUT2D eigenvalue weighted by atomic mass is 15.1. The minimum absolute atomic E-state index is 0.0138. The average Bonchev–Trinajstić information content (AvgIpc) is 3.21. The van der Waals surface area contributed by atoms with Gasteiger partial charge in [-0.2, -0.15) is 0 Å². The lowest BCUT2D eigenvalue weighted by Gasteiger charge is -2.28. The third-order valence-corrected chi connectivity index (χ3v) is 8.25. The Morgan fingerprint density at radius 1 is 0.362 bits per heavy atom. The van der Waals surface area contributed by atoms with Crippen molar-refractivity contribution in [2.24, 2.45) is 0 Å². The van der Waals surface area contributed by atoms with E-state index in [1.807, 2.05) is 133 Å². The number of anilines is 3. The first kappa shape index (κ1) is 21.5. The summed E-state index contributed by atoms with van der Waals surface area (Å²) < 4.78 is 66.9. The summed E-state index contributed by atoms with van der Waals surface area (Å²) in [6, 6.07) is 47.2. The fraction of sp³-hybridized carbons (Fsp3) is 0. The molecule has 0 amide bonds. The zero-order valence-corrected chi connectivity index (χ0v) is 25.5. The van der Waals surface area contributed by atoms with Gasteiger partial charge in [-0.3, -0.25) is 0 Å². The molecule has 0 saturated heterocycles. The highest BCUT2D eigenvalue weighted by Gasteiger charge is 2.19. The van der Waals surface area contributed by atoms with Crippen LogP contribution in [-0.2, 0) is 0 Å². The predicted molar refractivity (Wildman–Crippen MR) is 200 cm³/mol. The van der Waals surface area contributed by atoms with E-state index in [4.69, 9.17) is 0 Å². The number of nitrogens with zero attached hydrogens (tertiary/aromatic N) is 1. The fourth-order valence-electron chi connectivity index (χ4n) is 6.03. The van der Waals surface area contributed by atoms with Crippen LogP contribution in [0.5, 0.6) is 0 Å². The minimum Gasteiger partial charge on any atom is -0.310 e. The summed E-state index contributed by atoms with van der Waals surface area (Å²) in [6.07, 6.45) is 0. The van der Waals surface area contributed by atoms with Crippen molar-refractivity contribution in [1.82, 2.24) is 0 Å². The Kier molecular flexibility index (Phi) is 5.81. The first-order valence-corrected chi connectivity index (χ1v) is 15.6. The zero-order valence-electron chi connectivity index (χ0n) is 32.5. The lowest BCUT2D eigenvalue weighted by atomic mass is 9.89.